The normalized spacial score (nSPS) is 12.6. The first-order chi connectivity index (χ1) is 22.8. The van der Waals surface area contributed by atoms with Gasteiger partial charge in [-0.05, 0) is 87.6 Å². The third-order valence-electron chi connectivity index (χ3n) is 8.46. The lowest BCUT2D eigenvalue weighted by Crippen LogP contribution is -1.92. The van der Waals surface area contributed by atoms with Gasteiger partial charge in [0.05, 0.1) is 4.88 Å². The predicted octanol–water partition coefficient (Wildman–Crippen LogP) is 14.2. The molecule has 1 nitrogen and oxygen atoms in total. The molecule has 0 N–H and O–H groups in total. The van der Waals surface area contributed by atoms with E-state index in [1.165, 1.54) is 71.4 Å². The Morgan fingerprint density at radius 3 is 1.91 bits per heavy atom. The molecule has 0 spiro atoms. The van der Waals surface area contributed by atoms with Crippen molar-refractivity contribution in [1.29, 1.82) is 0 Å². The zero-order chi connectivity index (χ0) is 30.2. The second-order valence-electron chi connectivity index (χ2n) is 11.3. The van der Waals surface area contributed by atoms with Crippen molar-refractivity contribution in [3.8, 4) is 42.8 Å². The van der Waals surface area contributed by atoms with E-state index in [1.807, 2.05) is 46.2 Å². The van der Waals surface area contributed by atoms with Gasteiger partial charge in [-0.1, -0.05) is 90.3 Å². The van der Waals surface area contributed by atoms with Crippen molar-refractivity contribution in [2.24, 2.45) is 0 Å². The summed E-state index contributed by atoms with van der Waals surface area (Å²) in [5, 5.41) is 7.20. The summed E-state index contributed by atoms with van der Waals surface area (Å²) in [6.07, 6.45) is 0. The standard InChI is InChI=1S/C40H22OS5/c1-2-10-24-20-33-26(19-23(24)9-1)22-35(45-33)36-37(34-21-25-11-3-4-13-28(25)43-34)39(31-17-8-18-42-31)41-38(36)27-12-7-16-32-40(27)46-30-15-6-5-14-29(30)44-32/h1-22H. The third kappa shape index (κ3) is 4.36. The van der Waals surface area contributed by atoms with E-state index in [4.69, 9.17) is 4.42 Å². The second kappa shape index (κ2) is 10.8. The van der Waals surface area contributed by atoms with Crippen molar-refractivity contribution in [3.05, 3.63) is 133 Å². The van der Waals surface area contributed by atoms with E-state index in [0.717, 1.165) is 22.0 Å². The Labute approximate surface area is 286 Å². The maximum Gasteiger partial charge on any atom is 0.154 e. The quantitative estimate of drug-likeness (QED) is 0.184. The number of fused-ring (bicyclic) bond motifs is 5. The Balaban J connectivity index is 1.29. The fourth-order valence-electron chi connectivity index (χ4n) is 6.36. The molecule has 6 heteroatoms. The molecule has 10 rings (SSSR count). The number of thiophene rings is 3. The summed E-state index contributed by atoms with van der Waals surface area (Å²) in [6.45, 7) is 0. The van der Waals surface area contributed by atoms with Crippen LogP contribution in [-0.4, -0.2) is 0 Å². The van der Waals surface area contributed by atoms with E-state index in [9.17, 15) is 0 Å². The summed E-state index contributed by atoms with van der Waals surface area (Å²) in [7, 11) is 0. The highest BCUT2D eigenvalue weighted by molar-refractivity contribution is 8.05. The smallest absolute Gasteiger partial charge is 0.154 e. The van der Waals surface area contributed by atoms with Crippen molar-refractivity contribution < 1.29 is 4.42 Å². The van der Waals surface area contributed by atoms with Gasteiger partial charge >= 0.3 is 0 Å². The minimum Gasteiger partial charge on any atom is -0.454 e. The number of rotatable bonds is 4. The zero-order valence-electron chi connectivity index (χ0n) is 24.2. The van der Waals surface area contributed by atoms with Crippen LogP contribution >= 0.6 is 57.5 Å². The molecule has 9 aromatic rings. The highest BCUT2D eigenvalue weighted by Crippen LogP contribution is 2.57. The van der Waals surface area contributed by atoms with Crippen molar-refractivity contribution in [2.45, 2.75) is 19.6 Å². The molecular formula is C40H22OS5. The number of hydrogen-bond acceptors (Lipinski definition) is 6. The number of benzene rings is 5. The Morgan fingerprint density at radius 1 is 0.435 bits per heavy atom. The molecule has 4 aromatic heterocycles. The summed E-state index contributed by atoms with van der Waals surface area (Å²) >= 11 is 9.15. The molecule has 0 atom stereocenters. The SMILES string of the molecule is c1csc(-c2oc(-c3cccc4c3Sc3ccccc3S4)c(-c3cc4cc5ccccc5cc4s3)c2-c2cc3ccccc3s2)c1. The van der Waals surface area contributed by atoms with Gasteiger partial charge in [0.15, 0.2) is 5.76 Å². The molecule has 5 aromatic carbocycles. The van der Waals surface area contributed by atoms with Gasteiger partial charge in [0.1, 0.15) is 5.76 Å². The fraction of sp³-hybridized carbons (Fsp3) is 0. The van der Waals surface area contributed by atoms with Gasteiger partial charge in [-0.2, -0.15) is 0 Å². The first-order valence-electron chi connectivity index (χ1n) is 15.0. The van der Waals surface area contributed by atoms with E-state index in [-0.39, 0.29) is 0 Å². The van der Waals surface area contributed by atoms with Crippen molar-refractivity contribution in [3.63, 3.8) is 0 Å². The molecule has 0 radical (unpaired) electrons. The van der Waals surface area contributed by atoms with E-state index in [2.05, 4.69) is 133 Å². The molecule has 0 saturated carbocycles. The Kier molecular flexibility index (Phi) is 6.34. The summed E-state index contributed by atoms with van der Waals surface area (Å²) in [4.78, 5) is 8.72. The average Bonchev–Trinajstić information content (AvgIpc) is 3.90. The summed E-state index contributed by atoms with van der Waals surface area (Å²) < 4.78 is 9.78. The first-order valence-corrected chi connectivity index (χ1v) is 19.1. The van der Waals surface area contributed by atoms with Gasteiger partial charge in [0.2, 0.25) is 0 Å². The molecule has 0 saturated heterocycles. The topological polar surface area (TPSA) is 13.1 Å². The minimum atomic E-state index is 0.941. The van der Waals surface area contributed by atoms with E-state index in [1.54, 1.807) is 11.3 Å². The molecular weight excluding hydrogens is 657 g/mol. The lowest BCUT2D eigenvalue weighted by molar-refractivity contribution is 0.598. The van der Waals surface area contributed by atoms with Crippen LogP contribution in [0.1, 0.15) is 0 Å². The Morgan fingerprint density at radius 2 is 1.11 bits per heavy atom. The molecule has 46 heavy (non-hydrogen) atoms. The molecule has 0 fully saturated rings. The largest absolute Gasteiger partial charge is 0.454 e. The zero-order valence-corrected chi connectivity index (χ0v) is 28.2. The van der Waals surface area contributed by atoms with Crippen LogP contribution < -0.4 is 0 Å². The summed E-state index contributed by atoms with van der Waals surface area (Å²) in [5.41, 5.74) is 3.51. The molecule has 0 aliphatic carbocycles. The number of hydrogen-bond donors (Lipinski definition) is 0. The minimum absolute atomic E-state index is 0.941. The van der Waals surface area contributed by atoms with Crippen LogP contribution in [0.2, 0.25) is 0 Å². The highest BCUT2D eigenvalue weighted by Gasteiger charge is 2.31. The summed E-state index contributed by atoms with van der Waals surface area (Å²) in [6, 6.07) is 46.4. The van der Waals surface area contributed by atoms with Crippen LogP contribution in [0.3, 0.4) is 0 Å². The van der Waals surface area contributed by atoms with Crippen LogP contribution in [0, 0.1) is 0 Å². The lowest BCUT2D eigenvalue weighted by atomic mass is 10.00. The third-order valence-corrected chi connectivity index (χ3v) is 14.2. The Hall–Kier alpha value is -4.04. The molecule has 1 aliphatic heterocycles. The van der Waals surface area contributed by atoms with Crippen LogP contribution in [0.4, 0.5) is 0 Å². The van der Waals surface area contributed by atoms with E-state index < -0.39 is 0 Å². The summed E-state index contributed by atoms with van der Waals surface area (Å²) in [5.74, 6) is 1.89. The molecule has 0 amide bonds. The second-order valence-corrected chi connectivity index (χ2v) is 16.5. The molecule has 0 unspecified atom stereocenters. The van der Waals surface area contributed by atoms with Crippen molar-refractivity contribution in [2.75, 3.05) is 0 Å². The molecule has 5 heterocycles. The Bertz CT molecular complexity index is 2510. The van der Waals surface area contributed by atoms with Crippen LogP contribution in [-0.2, 0) is 0 Å². The molecule has 0 bridgehead atoms. The monoisotopic (exact) mass is 678 g/mol. The first kappa shape index (κ1) is 27.1. The maximum absolute atomic E-state index is 7.21. The number of furan rings is 1. The van der Waals surface area contributed by atoms with Crippen molar-refractivity contribution in [1.82, 2.24) is 0 Å². The molecule has 1 aliphatic rings. The van der Waals surface area contributed by atoms with Gasteiger partial charge in [0, 0.05) is 55.4 Å². The lowest BCUT2D eigenvalue weighted by Gasteiger charge is -2.20. The van der Waals surface area contributed by atoms with Crippen molar-refractivity contribution >= 4 is 88.5 Å². The van der Waals surface area contributed by atoms with Crippen LogP contribution in [0.25, 0.3) is 73.8 Å². The van der Waals surface area contributed by atoms with E-state index in [0.29, 0.717) is 0 Å². The van der Waals surface area contributed by atoms with E-state index >= 15 is 0 Å². The predicted molar refractivity (Wildman–Crippen MR) is 201 cm³/mol. The highest BCUT2D eigenvalue weighted by atomic mass is 32.2. The fourth-order valence-corrected chi connectivity index (χ4v) is 11.7. The van der Waals surface area contributed by atoms with Gasteiger partial charge in [-0.15, -0.1) is 34.0 Å². The van der Waals surface area contributed by atoms with Gasteiger partial charge in [-0.3, -0.25) is 0 Å². The van der Waals surface area contributed by atoms with Gasteiger partial charge in [-0.25, -0.2) is 0 Å². The van der Waals surface area contributed by atoms with Gasteiger partial charge in [0.25, 0.3) is 0 Å². The average molecular weight is 679 g/mol. The maximum atomic E-state index is 7.21. The van der Waals surface area contributed by atoms with Gasteiger partial charge < -0.3 is 4.42 Å². The molecule has 218 valence electrons. The van der Waals surface area contributed by atoms with Crippen LogP contribution in [0.15, 0.2) is 157 Å². The van der Waals surface area contributed by atoms with Crippen LogP contribution in [0.5, 0.6) is 0 Å².